The van der Waals surface area contributed by atoms with Gasteiger partial charge >= 0.3 is 0 Å². The van der Waals surface area contributed by atoms with Crippen LogP contribution in [0.25, 0.3) is 0 Å². The predicted molar refractivity (Wildman–Crippen MR) is 103 cm³/mol. The molecular formula is C21H26N2O5. The van der Waals surface area contributed by atoms with Gasteiger partial charge in [-0.3, -0.25) is 4.79 Å². The highest BCUT2D eigenvalue weighted by molar-refractivity contribution is 5.78. The summed E-state index contributed by atoms with van der Waals surface area (Å²) in [6, 6.07) is 7.62. The normalized spacial score (nSPS) is 17.3. The van der Waals surface area contributed by atoms with Crippen LogP contribution in [0.4, 0.5) is 5.69 Å². The van der Waals surface area contributed by atoms with Crippen LogP contribution in [0, 0.1) is 0 Å². The molecule has 2 aliphatic rings. The van der Waals surface area contributed by atoms with Crippen molar-refractivity contribution in [3.05, 3.63) is 41.9 Å². The average molecular weight is 386 g/mol. The van der Waals surface area contributed by atoms with Crippen LogP contribution >= 0.6 is 0 Å². The fraction of sp³-hybridized carbons (Fsp3) is 0.476. The molecule has 1 unspecified atom stereocenters. The number of anilines is 1. The average Bonchev–Trinajstić information content (AvgIpc) is 3.34. The van der Waals surface area contributed by atoms with E-state index >= 15 is 0 Å². The summed E-state index contributed by atoms with van der Waals surface area (Å²) in [5.74, 6) is 2.22. The Morgan fingerprint density at radius 3 is 2.79 bits per heavy atom. The third-order valence-corrected chi connectivity index (χ3v) is 5.20. The Morgan fingerprint density at radius 1 is 1.21 bits per heavy atom. The maximum Gasteiger partial charge on any atom is 0.231 e. The molecule has 1 atom stereocenters. The molecule has 150 valence electrons. The van der Waals surface area contributed by atoms with E-state index in [1.54, 1.807) is 11.2 Å². The van der Waals surface area contributed by atoms with Crippen molar-refractivity contribution >= 4 is 11.6 Å². The third-order valence-electron chi connectivity index (χ3n) is 5.20. The lowest BCUT2D eigenvalue weighted by Gasteiger charge is -2.34. The van der Waals surface area contributed by atoms with Crippen molar-refractivity contribution in [1.82, 2.24) is 4.90 Å². The number of aliphatic hydroxyl groups is 1. The van der Waals surface area contributed by atoms with Gasteiger partial charge in [0.05, 0.1) is 18.9 Å². The van der Waals surface area contributed by atoms with Crippen molar-refractivity contribution in [2.75, 3.05) is 24.8 Å². The Balaban J connectivity index is 1.65. The van der Waals surface area contributed by atoms with Crippen LogP contribution in [0.5, 0.6) is 11.5 Å². The minimum atomic E-state index is -0.433. The van der Waals surface area contributed by atoms with Gasteiger partial charge in [-0.05, 0) is 30.2 Å². The number of rotatable bonds is 6. The molecule has 0 saturated carbocycles. The zero-order valence-electron chi connectivity index (χ0n) is 16.1. The quantitative estimate of drug-likeness (QED) is 0.823. The fourth-order valence-electron chi connectivity index (χ4n) is 3.80. The molecule has 3 heterocycles. The first-order valence-corrected chi connectivity index (χ1v) is 9.79. The second-order valence-electron chi connectivity index (χ2n) is 7.30. The topological polar surface area (TPSA) is 75.4 Å². The van der Waals surface area contributed by atoms with E-state index < -0.39 is 6.10 Å². The number of hydrogen-bond acceptors (Lipinski definition) is 6. The number of carbonyl (C=O) groups excluding carboxylic acids is 1. The minimum absolute atomic E-state index is 0.0645. The van der Waals surface area contributed by atoms with Crippen molar-refractivity contribution < 1.29 is 23.8 Å². The lowest BCUT2D eigenvalue weighted by atomic mass is 10.1. The Morgan fingerprint density at radius 2 is 2.04 bits per heavy atom. The summed E-state index contributed by atoms with van der Waals surface area (Å²) in [4.78, 5) is 16.7. The van der Waals surface area contributed by atoms with Crippen LogP contribution in [0.15, 0.2) is 34.9 Å². The van der Waals surface area contributed by atoms with Gasteiger partial charge in [0.15, 0.2) is 11.5 Å². The van der Waals surface area contributed by atoms with Gasteiger partial charge < -0.3 is 28.8 Å². The maximum absolute atomic E-state index is 12.8. The predicted octanol–water partition coefficient (Wildman–Crippen LogP) is 2.91. The van der Waals surface area contributed by atoms with Crippen LogP contribution in [0.3, 0.4) is 0 Å². The number of aliphatic hydroxyl groups excluding tert-OH is 1. The van der Waals surface area contributed by atoms with E-state index in [2.05, 4.69) is 11.8 Å². The van der Waals surface area contributed by atoms with E-state index in [0.717, 1.165) is 29.9 Å². The highest BCUT2D eigenvalue weighted by atomic mass is 16.7. The molecule has 4 rings (SSSR count). The lowest BCUT2D eigenvalue weighted by molar-refractivity contribution is -0.132. The van der Waals surface area contributed by atoms with Crippen molar-refractivity contribution in [3.63, 3.8) is 0 Å². The number of fused-ring (bicyclic) bond motifs is 2. The monoisotopic (exact) mass is 386 g/mol. The van der Waals surface area contributed by atoms with Gasteiger partial charge in [0.2, 0.25) is 12.7 Å². The third kappa shape index (κ3) is 3.94. The van der Waals surface area contributed by atoms with E-state index in [9.17, 15) is 9.90 Å². The van der Waals surface area contributed by atoms with Crippen LogP contribution in [0.1, 0.15) is 37.5 Å². The van der Waals surface area contributed by atoms with Gasteiger partial charge in [0, 0.05) is 37.8 Å². The van der Waals surface area contributed by atoms with Crippen LogP contribution < -0.4 is 14.4 Å². The number of ether oxygens (including phenoxy) is 2. The first kappa shape index (κ1) is 18.7. The molecule has 0 fully saturated rings. The number of benzene rings is 1. The molecule has 1 N–H and O–H groups in total. The van der Waals surface area contributed by atoms with E-state index in [0.29, 0.717) is 44.1 Å². The molecule has 7 nitrogen and oxygen atoms in total. The second kappa shape index (κ2) is 8.14. The SMILES string of the molecule is CCCC(O)CN1CCC(=O)N(Cc2ccco2)Cc2cc3c(cc21)OCO3. The molecule has 1 aromatic heterocycles. The molecule has 28 heavy (non-hydrogen) atoms. The highest BCUT2D eigenvalue weighted by Crippen LogP contribution is 2.40. The van der Waals surface area contributed by atoms with Crippen molar-refractivity contribution in [1.29, 1.82) is 0 Å². The first-order valence-electron chi connectivity index (χ1n) is 9.79. The Kier molecular flexibility index (Phi) is 5.43. The molecular weight excluding hydrogens is 360 g/mol. The van der Waals surface area contributed by atoms with Crippen molar-refractivity contribution in [2.45, 2.75) is 45.4 Å². The van der Waals surface area contributed by atoms with E-state index in [1.807, 2.05) is 24.3 Å². The Hall–Kier alpha value is -2.67. The van der Waals surface area contributed by atoms with Gasteiger partial charge in [-0.15, -0.1) is 0 Å². The van der Waals surface area contributed by atoms with Crippen LogP contribution in [0.2, 0.25) is 0 Å². The van der Waals surface area contributed by atoms with E-state index in [1.165, 1.54) is 0 Å². The Labute approximate surface area is 164 Å². The summed E-state index contributed by atoms with van der Waals surface area (Å²) in [5, 5.41) is 10.4. The molecule has 2 aliphatic heterocycles. The Bertz CT molecular complexity index is 820. The lowest BCUT2D eigenvalue weighted by Crippen LogP contribution is -2.40. The second-order valence-corrected chi connectivity index (χ2v) is 7.30. The largest absolute Gasteiger partial charge is 0.467 e. The maximum atomic E-state index is 12.8. The molecule has 0 spiro atoms. The molecule has 2 aromatic rings. The molecule has 0 bridgehead atoms. The fourth-order valence-corrected chi connectivity index (χ4v) is 3.80. The van der Waals surface area contributed by atoms with Crippen molar-refractivity contribution in [3.8, 4) is 11.5 Å². The van der Waals surface area contributed by atoms with Gasteiger partial charge in [-0.2, -0.15) is 0 Å². The summed E-state index contributed by atoms with van der Waals surface area (Å²) in [5.41, 5.74) is 1.96. The molecule has 0 saturated heterocycles. The van der Waals surface area contributed by atoms with Crippen molar-refractivity contribution in [2.24, 2.45) is 0 Å². The van der Waals surface area contributed by atoms with Crippen LogP contribution in [-0.4, -0.2) is 41.9 Å². The van der Waals surface area contributed by atoms with E-state index in [4.69, 9.17) is 13.9 Å². The van der Waals surface area contributed by atoms with Gasteiger partial charge in [-0.25, -0.2) is 0 Å². The van der Waals surface area contributed by atoms with Gasteiger partial charge in [-0.1, -0.05) is 13.3 Å². The molecule has 1 amide bonds. The molecule has 0 radical (unpaired) electrons. The zero-order chi connectivity index (χ0) is 19.5. The first-order chi connectivity index (χ1) is 13.6. The number of amides is 1. The van der Waals surface area contributed by atoms with Crippen LogP contribution in [-0.2, 0) is 17.9 Å². The number of furan rings is 1. The summed E-state index contributed by atoms with van der Waals surface area (Å²) < 4.78 is 16.5. The number of carbonyl (C=O) groups is 1. The number of β-amino-alcohol motifs (C(OH)–C–C–N with tert-alkyl or cyclic N) is 1. The summed E-state index contributed by atoms with van der Waals surface area (Å²) in [6.45, 7) is 4.17. The standard InChI is InChI=1S/C21H26N2O5/c1-2-4-16(24)12-22-7-6-21(25)23(13-17-5-3-8-26-17)11-15-9-19-20(10-18(15)22)28-14-27-19/h3,5,8-10,16,24H,2,4,6-7,11-14H2,1H3. The number of nitrogens with zero attached hydrogens (tertiary/aromatic N) is 2. The van der Waals surface area contributed by atoms with Gasteiger partial charge in [0.1, 0.15) is 5.76 Å². The minimum Gasteiger partial charge on any atom is -0.467 e. The number of hydrogen-bond donors (Lipinski definition) is 1. The highest BCUT2D eigenvalue weighted by Gasteiger charge is 2.27. The summed E-state index contributed by atoms with van der Waals surface area (Å²) >= 11 is 0. The summed E-state index contributed by atoms with van der Waals surface area (Å²) in [7, 11) is 0. The molecule has 1 aromatic carbocycles. The molecule has 7 heteroatoms. The summed E-state index contributed by atoms with van der Waals surface area (Å²) in [6.07, 6.45) is 3.21. The molecule has 0 aliphatic carbocycles. The smallest absolute Gasteiger partial charge is 0.231 e. The van der Waals surface area contributed by atoms with E-state index in [-0.39, 0.29) is 12.7 Å². The van der Waals surface area contributed by atoms with Gasteiger partial charge in [0.25, 0.3) is 0 Å². The zero-order valence-corrected chi connectivity index (χ0v) is 16.1.